The lowest BCUT2D eigenvalue weighted by molar-refractivity contribution is -0.117. The number of anilines is 1. The first-order chi connectivity index (χ1) is 8.13. The minimum Gasteiger partial charge on any atom is -0.423 e. The Morgan fingerprint density at radius 1 is 1.53 bits per heavy atom. The molecule has 0 spiro atoms. The fraction of sp³-hybridized carbons (Fsp3) is 0.273. The van der Waals surface area contributed by atoms with Crippen LogP contribution in [-0.2, 0) is 4.79 Å². The Bertz CT molecular complexity index is 598. The van der Waals surface area contributed by atoms with Crippen LogP contribution in [0.15, 0.2) is 22.6 Å². The van der Waals surface area contributed by atoms with E-state index in [0.29, 0.717) is 35.1 Å². The van der Waals surface area contributed by atoms with Crippen molar-refractivity contribution in [2.24, 2.45) is 0 Å². The lowest BCUT2D eigenvalue weighted by Crippen LogP contribution is -2.24. The van der Waals surface area contributed by atoms with Crippen LogP contribution in [0, 0.1) is 0 Å². The van der Waals surface area contributed by atoms with Crippen LogP contribution in [0.1, 0.15) is 6.42 Å². The minimum absolute atomic E-state index is 0.0114. The van der Waals surface area contributed by atoms with E-state index in [0.717, 1.165) is 0 Å². The van der Waals surface area contributed by atoms with Gasteiger partial charge in [-0.1, -0.05) is 11.6 Å². The van der Waals surface area contributed by atoms with Crippen LogP contribution in [0.3, 0.4) is 0 Å². The van der Waals surface area contributed by atoms with Gasteiger partial charge in [-0.15, -0.1) is 0 Å². The smallest absolute Gasteiger partial charge is 0.305 e. The van der Waals surface area contributed by atoms with E-state index >= 15 is 0 Å². The Morgan fingerprint density at radius 3 is 3.06 bits per heavy atom. The molecular formula is C11H9ClN2O2S. The molecule has 2 heterocycles. The van der Waals surface area contributed by atoms with E-state index in [2.05, 4.69) is 17.6 Å². The number of thiol groups is 1. The van der Waals surface area contributed by atoms with Gasteiger partial charge in [0, 0.05) is 23.2 Å². The number of carbonyl (C=O) groups is 1. The first-order valence-electron chi connectivity index (χ1n) is 5.18. The number of fused-ring (bicyclic) bond motifs is 1. The van der Waals surface area contributed by atoms with Gasteiger partial charge >= 0.3 is 6.01 Å². The van der Waals surface area contributed by atoms with Crippen molar-refractivity contribution in [2.75, 3.05) is 11.4 Å². The van der Waals surface area contributed by atoms with Gasteiger partial charge in [-0.25, -0.2) is 0 Å². The van der Waals surface area contributed by atoms with Crippen molar-refractivity contribution in [3.05, 3.63) is 23.2 Å². The Labute approximate surface area is 108 Å². The molecule has 0 saturated carbocycles. The first-order valence-corrected chi connectivity index (χ1v) is 6.07. The number of rotatable bonds is 1. The highest BCUT2D eigenvalue weighted by Gasteiger charge is 2.31. The molecule has 1 aromatic heterocycles. The highest BCUT2D eigenvalue weighted by molar-refractivity contribution is 7.81. The zero-order valence-electron chi connectivity index (χ0n) is 8.76. The fourth-order valence-corrected chi connectivity index (χ4v) is 2.36. The number of benzene rings is 1. The molecule has 1 atom stereocenters. The van der Waals surface area contributed by atoms with Crippen LogP contribution in [0.2, 0.25) is 5.02 Å². The number of nitrogens with zero attached hydrogens (tertiary/aromatic N) is 2. The summed E-state index contributed by atoms with van der Waals surface area (Å²) in [4.78, 5) is 17.5. The van der Waals surface area contributed by atoms with E-state index < -0.39 is 0 Å². The molecule has 0 N–H and O–H groups in total. The van der Waals surface area contributed by atoms with E-state index in [-0.39, 0.29) is 11.2 Å². The summed E-state index contributed by atoms with van der Waals surface area (Å²) in [5.41, 5.74) is 1.28. The maximum atomic E-state index is 11.7. The number of oxazole rings is 1. The van der Waals surface area contributed by atoms with Crippen LogP contribution >= 0.6 is 24.2 Å². The number of amides is 1. The zero-order valence-corrected chi connectivity index (χ0v) is 10.4. The van der Waals surface area contributed by atoms with Gasteiger partial charge in [-0.3, -0.25) is 9.69 Å². The molecule has 1 fully saturated rings. The van der Waals surface area contributed by atoms with Gasteiger partial charge in [0.05, 0.1) is 0 Å². The third-order valence-corrected chi connectivity index (χ3v) is 3.25. The van der Waals surface area contributed by atoms with Gasteiger partial charge in [0.15, 0.2) is 5.58 Å². The number of aromatic nitrogens is 1. The summed E-state index contributed by atoms with van der Waals surface area (Å²) in [6.45, 7) is 0.530. The molecule has 1 aromatic carbocycles. The highest BCUT2D eigenvalue weighted by atomic mass is 35.5. The average Bonchev–Trinajstić information content (AvgIpc) is 2.80. The highest BCUT2D eigenvalue weighted by Crippen LogP contribution is 2.28. The molecule has 1 unspecified atom stereocenters. The topological polar surface area (TPSA) is 46.3 Å². The molecule has 1 saturated heterocycles. The quantitative estimate of drug-likeness (QED) is 0.809. The molecule has 0 radical (unpaired) electrons. The number of hydrogen-bond acceptors (Lipinski definition) is 4. The maximum absolute atomic E-state index is 11.7. The van der Waals surface area contributed by atoms with Gasteiger partial charge in [0.25, 0.3) is 0 Å². The monoisotopic (exact) mass is 268 g/mol. The lowest BCUT2D eigenvalue weighted by Gasteiger charge is -2.09. The van der Waals surface area contributed by atoms with Crippen molar-refractivity contribution in [1.29, 1.82) is 0 Å². The van der Waals surface area contributed by atoms with E-state index in [1.54, 1.807) is 18.2 Å². The van der Waals surface area contributed by atoms with Gasteiger partial charge in [-0.2, -0.15) is 17.6 Å². The first kappa shape index (κ1) is 10.9. The molecule has 0 aliphatic carbocycles. The summed E-state index contributed by atoms with van der Waals surface area (Å²) in [6, 6.07) is 5.51. The Kier molecular flexibility index (Phi) is 2.52. The fourth-order valence-electron chi connectivity index (χ4n) is 1.88. The molecule has 1 aliphatic heterocycles. The summed E-state index contributed by atoms with van der Waals surface area (Å²) in [7, 11) is 0. The average molecular weight is 269 g/mol. The molecule has 1 aliphatic rings. The Hall–Kier alpha value is -1.20. The summed E-state index contributed by atoms with van der Waals surface area (Å²) in [5, 5.41) is 0.637. The Balaban J connectivity index is 2.03. The second kappa shape index (κ2) is 3.92. The maximum Gasteiger partial charge on any atom is 0.305 e. The van der Waals surface area contributed by atoms with Crippen molar-refractivity contribution in [1.82, 2.24) is 4.98 Å². The second-order valence-electron chi connectivity index (χ2n) is 3.97. The van der Waals surface area contributed by atoms with Crippen LogP contribution in [0.4, 0.5) is 6.01 Å². The van der Waals surface area contributed by atoms with Crippen molar-refractivity contribution < 1.29 is 9.21 Å². The largest absolute Gasteiger partial charge is 0.423 e. The molecule has 4 nitrogen and oxygen atoms in total. The summed E-state index contributed by atoms with van der Waals surface area (Å²) >= 11 is 10.2. The molecule has 2 aromatic rings. The molecule has 3 rings (SSSR count). The Morgan fingerprint density at radius 2 is 2.35 bits per heavy atom. The summed E-state index contributed by atoms with van der Waals surface area (Å²) in [6.07, 6.45) is 0.419. The molecule has 6 heteroatoms. The summed E-state index contributed by atoms with van der Waals surface area (Å²) in [5.74, 6) is -0.0114. The van der Waals surface area contributed by atoms with Crippen LogP contribution in [0.25, 0.3) is 11.1 Å². The minimum atomic E-state index is -0.0114. The molecule has 1 amide bonds. The number of halogens is 1. The predicted molar refractivity (Wildman–Crippen MR) is 68.8 cm³/mol. The van der Waals surface area contributed by atoms with E-state index in [1.807, 2.05) is 0 Å². The van der Waals surface area contributed by atoms with Crippen LogP contribution in [-0.4, -0.2) is 22.7 Å². The number of carbonyl (C=O) groups excluding carboxylic acids is 1. The van der Waals surface area contributed by atoms with Crippen LogP contribution in [0.5, 0.6) is 0 Å². The van der Waals surface area contributed by atoms with Crippen molar-refractivity contribution in [2.45, 2.75) is 11.7 Å². The van der Waals surface area contributed by atoms with Gasteiger partial charge in [0.2, 0.25) is 5.91 Å². The second-order valence-corrected chi connectivity index (χ2v) is 5.14. The van der Waals surface area contributed by atoms with Crippen molar-refractivity contribution in [3.63, 3.8) is 0 Å². The van der Waals surface area contributed by atoms with Gasteiger partial charge < -0.3 is 4.42 Å². The van der Waals surface area contributed by atoms with Crippen molar-refractivity contribution >= 4 is 47.3 Å². The molecular weight excluding hydrogens is 260 g/mol. The summed E-state index contributed by atoms with van der Waals surface area (Å²) < 4.78 is 5.53. The third-order valence-electron chi connectivity index (χ3n) is 2.67. The lowest BCUT2D eigenvalue weighted by atomic mass is 10.3. The molecule has 88 valence electrons. The van der Waals surface area contributed by atoms with Gasteiger partial charge in [-0.05, 0) is 18.2 Å². The molecule has 0 bridgehead atoms. The van der Waals surface area contributed by atoms with E-state index in [1.165, 1.54) is 4.90 Å². The van der Waals surface area contributed by atoms with E-state index in [9.17, 15) is 4.79 Å². The SMILES string of the molecule is O=C1CC(S)CN1c1nc2cc(Cl)ccc2o1. The predicted octanol–water partition coefficient (Wildman–Crippen LogP) is 2.52. The third kappa shape index (κ3) is 1.89. The molecule has 17 heavy (non-hydrogen) atoms. The normalized spacial score (nSPS) is 20.5. The van der Waals surface area contributed by atoms with Crippen molar-refractivity contribution in [3.8, 4) is 0 Å². The van der Waals surface area contributed by atoms with Gasteiger partial charge in [0.1, 0.15) is 5.52 Å². The number of hydrogen-bond donors (Lipinski definition) is 1. The van der Waals surface area contributed by atoms with E-state index in [4.69, 9.17) is 16.0 Å². The standard InChI is InChI=1S/C11H9ClN2O2S/c12-6-1-2-9-8(3-6)13-11(16-9)14-5-7(17)4-10(14)15/h1-3,7,17H,4-5H2. The van der Waals surface area contributed by atoms with Crippen LogP contribution < -0.4 is 4.90 Å². The zero-order chi connectivity index (χ0) is 12.0.